The summed E-state index contributed by atoms with van der Waals surface area (Å²) >= 11 is 0. The molecule has 0 saturated carbocycles. The minimum Gasteiger partial charge on any atom is -0.380 e. The number of hydrogen-bond donors (Lipinski definition) is 1. The summed E-state index contributed by atoms with van der Waals surface area (Å²) in [6.07, 6.45) is 1.77. The number of ether oxygens (including phenoxy) is 1. The van der Waals surface area contributed by atoms with Crippen LogP contribution in [-0.2, 0) is 4.74 Å². The average Bonchev–Trinajstić information content (AvgIpc) is 2.80. The van der Waals surface area contributed by atoms with E-state index in [0.29, 0.717) is 19.2 Å². The molecule has 18 heavy (non-hydrogen) atoms. The number of anilines is 1. The van der Waals surface area contributed by atoms with Crippen molar-refractivity contribution in [2.45, 2.75) is 18.9 Å². The Hall–Kier alpha value is -1.76. The summed E-state index contributed by atoms with van der Waals surface area (Å²) < 4.78 is 31.8. The fourth-order valence-corrected chi connectivity index (χ4v) is 1.84. The molecule has 98 valence electrons. The number of nitro groups is 1. The van der Waals surface area contributed by atoms with Gasteiger partial charge in [0.1, 0.15) is 5.82 Å². The molecule has 1 saturated heterocycles. The quantitative estimate of drug-likeness (QED) is 0.665. The monoisotopic (exact) mass is 258 g/mol. The molecule has 0 radical (unpaired) electrons. The van der Waals surface area contributed by atoms with Crippen LogP contribution in [0.3, 0.4) is 0 Å². The number of rotatable bonds is 4. The molecule has 0 aromatic heterocycles. The summed E-state index contributed by atoms with van der Waals surface area (Å²) in [6, 6.07) is 1.37. The van der Waals surface area contributed by atoms with Crippen LogP contribution in [0, 0.1) is 21.7 Å². The van der Waals surface area contributed by atoms with Gasteiger partial charge in [0, 0.05) is 25.3 Å². The van der Waals surface area contributed by atoms with E-state index in [1.165, 1.54) is 0 Å². The van der Waals surface area contributed by atoms with Crippen LogP contribution in [0.5, 0.6) is 0 Å². The van der Waals surface area contributed by atoms with Crippen LogP contribution in [0.25, 0.3) is 0 Å². The number of nitrogens with zero attached hydrogens (tertiary/aromatic N) is 1. The van der Waals surface area contributed by atoms with Crippen molar-refractivity contribution in [3.63, 3.8) is 0 Å². The van der Waals surface area contributed by atoms with Crippen molar-refractivity contribution in [1.82, 2.24) is 0 Å². The fraction of sp³-hybridized carbons (Fsp3) is 0.455. The molecule has 1 aliphatic heterocycles. The van der Waals surface area contributed by atoms with Crippen molar-refractivity contribution in [3.05, 3.63) is 33.9 Å². The van der Waals surface area contributed by atoms with E-state index in [1.54, 1.807) is 0 Å². The van der Waals surface area contributed by atoms with Crippen molar-refractivity contribution in [2.24, 2.45) is 0 Å². The molecule has 1 unspecified atom stereocenters. The maximum absolute atomic E-state index is 13.4. The van der Waals surface area contributed by atoms with Crippen LogP contribution in [0.2, 0.25) is 0 Å². The first-order valence-electron chi connectivity index (χ1n) is 5.57. The third-order valence-electron chi connectivity index (χ3n) is 2.78. The molecular formula is C11H12F2N2O3. The zero-order chi connectivity index (χ0) is 13.1. The van der Waals surface area contributed by atoms with Gasteiger partial charge in [0.25, 0.3) is 0 Å². The highest BCUT2D eigenvalue weighted by Gasteiger charge is 2.20. The lowest BCUT2D eigenvalue weighted by atomic mass is 10.2. The predicted octanol–water partition coefficient (Wildman–Crippen LogP) is 2.46. The molecule has 1 heterocycles. The van der Waals surface area contributed by atoms with Crippen LogP contribution in [0.1, 0.15) is 12.8 Å². The molecule has 1 N–H and O–H groups in total. The second-order valence-corrected chi connectivity index (χ2v) is 4.06. The van der Waals surface area contributed by atoms with Crippen molar-refractivity contribution >= 4 is 11.4 Å². The summed E-state index contributed by atoms with van der Waals surface area (Å²) in [5.41, 5.74) is -0.829. The zero-order valence-electron chi connectivity index (χ0n) is 9.49. The van der Waals surface area contributed by atoms with Gasteiger partial charge in [-0.15, -0.1) is 0 Å². The van der Waals surface area contributed by atoms with E-state index in [-0.39, 0.29) is 11.8 Å². The maximum Gasteiger partial charge on any atom is 0.307 e. The van der Waals surface area contributed by atoms with Gasteiger partial charge in [0.05, 0.1) is 16.7 Å². The van der Waals surface area contributed by atoms with Crippen LogP contribution in [-0.4, -0.2) is 24.2 Å². The minimum atomic E-state index is -1.18. The van der Waals surface area contributed by atoms with Gasteiger partial charge in [-0.1, -0.05) is 0 Å². The molecule has 1 fully saturated rings. The van der Waals surface area contributed by atoms with E-state index in [1.807, 2.05) is 0 Å². The Labute approximate surface area is 102 Å². The highest BCUT2D eigenvalue weighted by Crippen LogP contribution is 2.25. The van der Waals surface area contributed by atoms with E-state index in [4.69, 9.17) is 4.74 Å². The summed E-state index contributed by atoms with van der Waals surface area (Å²) in [7, 11) is 0. The Bertz CT molecular complexity index is 462. The standard InChI is InChI=1S/C11H12F2N2O3/c12-8-4-9(13)11(15(16)17)5-10(8)14-6-7-2-1-3-18-7/h4-5,7,14H,1-3,6H2. The summed E-state index contributed by atoms with van der Waals surface area (Å²) in [4.78, 5) is 9.65. The van der Waals surface area contributed by atoms with Crippen LogP contribution >= 0.6 is 0 Å². The highest BCUT2D eigenvalue weighted by atomic mass is 19.1. The van der Waals surface area contributed by atoms with Gasteiger partial charge in [-0.25, -0.2) is 4.39 Å². The number of hydrogen-bond acceptors (Lipinski definition) is 4. The van der Waals surface area contributed by atoms with E-state index in [9.17, 15) is 18.9 Å². The molecule has 0 bridgehead atoms. The number of nitrogens with one attached hydrogen (secondary N) is 1. The first kappa shape index (κ1) is 12.7. The van der Waals surface area contributed by atoms with E-state index < -0.39 is 22.2 Å². The lowest BCUT2D eigenvalue weighted by Gasteiger charge is -2.12. The van der Waals surface area contributed by atoms with Crippen LogP contribution < -0.4 is 5.32 Å². The first-order chi connectivity index (χ1) is 8.58. The Morgan fingerprint density at radius 1 is 1.44 bits per heavy atom. The zero-order valence-corrected chi connectivity index (χ0v) is 9.49. The Balaban J connectivity index is 2.11. The largest absolute Gasteiger partial charge is 0.380 e. The van der Waals surface area contributed by atoms with Crippen molar-refractivity contribution in [1.29, 1.82) is 0 Å². The van der Waals surface area contributed by atoms with Gasteiger partial charge in [0.15, 0.2) is 0 Å². The minimum absolute atomic E-state index is 0.0338. The molecule has 1 aromatic rings. The fourth-order valence-electron chi connectivity index (χ4n) is 1.84. The van der Waals surface area contributed by atoms with Gasteiger partial charge in [0.2, 0.25) is 5.82 Å². The SMILES string of the molecule is O=[N+]([O-])c1cc(NCC2CCCO2)c(F)cc1F. The van der Waals surface area contributed by atoms with Crippen LogP contribution in [0.4, 0.5) is 20.2 Å². The third kappa shape index (κ3) is 2.73. The number of benzene rings is 1. The topological polar surface area (TPSA) is 64.4 Å². The third-order valence-corrected chi connectivity index (χ3v) is 2.78. The molecule has 0 spiro atoms. The molecule has 1 aromatic carbocycles. The Morgan fingerprint density at radius 2 is 2.22 bits per heavy atom. The molecule has 0 amide bonds. The normalized spacial score (nSPS) is 18.9. The smallest absolute Gasteiger partial charge is 0.307 e. The lowest BCUT2D eigenvalue weighted by Crippen LogP contribution is -2.19. The van der Waals surface area contributed by atoms with Gasteiger partial charge < -0.3 is 10.1 Å². The molecule has 1 atom stereocenters. The predicted molar refractivity (Wildman–Crippen MR) is 60.5 cm³/mol. The van der Waals surface area contributed by atoms with E-state index in [2.05, 4.69) is 5.32 Å². The van der Waals surface area contributed by atoms with Gasteiger partial charge in [-0.05, 0) is 12.8 Å². The summed E-state index contributed by atoms with van der Waals surface area (Å²) in [6.45, 7) is 1.01. The Kier molecular flexibility index (Phi) is 3.71. The number of nitro benzene ring substituents is 1. The first-order valence-corrected chi connectivity index (χ1v) is 5.57. The lowest BCUT2D eigenvalue weighted by molar-refractivity contribution is -0.387. The van der Waals surface area contributed by atoms with Gasteiger partial charge in [-0.2, -0.15) is 4.39 Å². The molecule has 1 aliphatic rings. The van der Waals surface area contributed by atoms with Gasteiger partial charge in [-0.3, -0.25) is 10.1 Å². The second-order valence-electron chi connectivity index (χ2n) is 4.06. The summed E-state index contributed by atoms with van der Waals surface area (Å²) in [5.74, 6) is -2.03. The molecule has 2 rings (SSSR count). The highest BCUT2D eigenvalue weighted by molar-refractivity contribution is 5.53. The molecule has 7 heteroatoms. The van der Waals surface area contributed by atoms with Crippen molar-refractivity contribution in [2.75, 3.05) is 18.5 Å². The molecular weight excluding hydrogens is 246 g/mol. The van der Waals surface area contributed by atoms with E-state index >= 15 is 0 Å². The number of halogens is 2. The maximum atomic E-state index is 13.4. The second kappa shape index (κ2) is 5.26. The summed E-state index contributed by atoms with van der Waals surface area (Å²) in [5, 5.41) is 13.2. The van der Waals surface area contributed by atoms with Crippen LogP contribution in [0.15, 0.2) is 12.1 Å². The van der Waals surface area contributed by atoms with Crippen molar-refractivity contribution in [3.8, 4) is 0 Å². The van der Waals surface area contributed by atoms with Crippen molar-refractivity contribution < 1.29 is 18.4 Å². The van der Waals surface area contributed by atoms with E-state index in [0.717, 1.165) is 18.9 Å². The molecule has 5 nitrogen and oxygen atoms in total. The molecule has 0 aliphatic carbocycles. The Morgan fingerprint density at radius 3 is 2.83 bits per heavy atom. The van der Waals surface area contributed by atoms with Gasteiger partial charge >= 0.3 is 5.69 Å². The average molecular weight is 258 g/mol.